The molecule has 1 aromatic carbocycles. The van der Waals surface area contributed by atoms with E-state index in [1.54, 1.807) is 24.3 Å². The summed E-state index contributed by atoms with van der Waals surface area (Å²) >= 11 is 8.77. The van der Waals surface area contributed by atoms with Crippen LogP contribution in [0, 0.1) is 0 Å². The molecular weight excluding hydrogens is 326 g/mol. The SMILES string of the molecule is O=S(=O)(NCCCCCCl)c1ccccc1Br. The van der Waals surface area contributed by atoms with Crippen molar-refractivity contribution < 1.29 is 8.42 Å². The van der Waals surface area contributed by atoms with Crippen molar-refractivity contribution in [2.24, 2.45) is 0 Å². The Hall–Kier alpha value is -0.100. The van der Waals surface area contributed by atoms with Crippen molar-refractivity contribution in [3.63, 3.8) is 0 Å². The van der Waals surface area contributed by atoms with Crippen LogP contribution in [-0.4, -0.2) is 20.8 Å². The van der Waals surface area contributed by atoms with Crippen LogP contribution in [0.5, 0.6) is 0 Å². The predicted molar refractivity (Wildman–Crippen MR) is 73.9 cm³/mol. The quantitative estimate of drug-likeness (QED) is 0.612. The number of benzene rings is 1. The van der Waals surface area contributed by atoms with Gasteiger partial charge in [-0.3, -0.25) is 0 Å². The highest BCUT2D eigenvalue weighted by atomic mass is 79.9. The molecule has 0 fully saturated rings. The van der Waals surface area contributed by atoms with Crippen molar-refractivity contribution in [2.45, 2.75) is 24.2 Å². The molecule has 1 N–H and O–H groups in total. The third-order valence-electron chi connectivity index (χ3n) is 2.23. The van der Waals surface area contributed by atoms with Crippen molar-refractivity contribution in [1.82, 2.24) is 4.72 Å². The van der Waals surface area contributed by atoms with Gasteiger partial charge < -0.3 is 0 Å². The molecule has 6 heteroatoms. The maximum atomic E-state index is 11.9. The average molecular weight is 341 g/mol. The van der Waals surface area contributed by atoms with Gasteiger partial charge in [0.1, 0.15) is 0 Å². The van der Waals surface area contributed by atoms with Gasteiger partial charge in [0, 0.05) is 16.9 Å². The van der Waals surface area contributed by atoms with Gasteiger partial charge >= 0.3 is 0 Å². The number of halogens is 2. The van der Waals surface area contributed by atoms with Gasteiger partial charge in [-0.05, 0) is 40.9 Å². The fraction of sp³-hybridized carbons (Fsp3) is 0.455. The van der Waals surface area contributed by atoms with E-state index in [9.17, 15) is 8.42 Å². The lowest BCUT2D eigenvalue weighted by Crippen LogP contribution is -2.25. The summed E-state index contributed by atoms with van der Waals surface area (Å²) in [5, 5.41) is 0. The number of sulfonamides is 1. The minimum atomic E-state index is -3.41. The predicted octanol–water partition coefficient (Wildman–Crippen LogP) is 3.14. The van der Waals surface area contributed by atoms with Gasteiger partial charge in [-0.25, -0.2) is 13.1 Å². The molecule has 0 spiro atoms. The van der Waals surface area contributed by atoms with Crippen molar-refractivity contribution >= 4 is 37.6 Å². The Morgan fingerprint density at radius 1 is 1.18 bits per heavy atom. The summed E-state index contributed by atoms with van der Waals surface area (Å²) in [4.78, 5) is 0.275. The van der Waals surface area contributed by atoms with Gasteiger partial charge in [-0.2, -0.15) is 0 Å². The topological polar surface area (TPSA) is 46.2 Å². The van der Waals surface area contributed by atoms with Crippen LogP contribution in [0.4, 0.5) is 0 Å². The number of hydrogen-bond acceptors (Lipinski definition) is 2. The first-order chi connectivity index (χ1) is 8.08. The van der Waals surface area contributed by atoms with Crippen LogP contribution in [0.2, 0.25) is 0 Å². The highest BCUT2D eigenvalue weighted by Crippen LogP contribution is 2.20. The number of hydrogen-bond donors (Lipinski definition) is 1. The van der Waals surface area contributed by atoms with Crippen LogP contribution in [-0.2, 0) is 10.0 Å². The number of alkyl halides is 1. The molecule has 0 aromatic heterocycles. The summed E-state index contributed by atoms with van der Waals surface area (Å²) in [5.74, 6) is 0.622. The van der Waals surface area contributed by atoms with Crippen LogP contribution < -0.4 is 4.72 Å². The van der Waals surface area contributed by atoms with Gasteiger partial charge in [-0.15, -0.1) is 11.6 Å². The van der Waals surface area contributed by atoms with Crippen LogP contribution >= 0.6 is 27.5 Å². The van der Waals surface area contributed by atoms with Crippen molar-refractivity contribution in [3.05, 3.63) is 28.7 Å². The van der Waals surface area contributed by atoms with Crippen LogP contribution in [0.15, 0.2) is 33.6 Å². The standard InChI is InChI=1S/C11H15BrClNO2S/c12-10-6-2-3-7-11(10)17(15,16)14-9-5-1-4-8-13/h2-3,6-7,14H,1,4-5,8-9H2. The lowest BCUT2D eigenvalue weighted by Gasteiger charge is -2.07. The van der Waals surface area contributed by atoms with Crippen molar-refractivity contribution in [1.29, 1.82) is 0 Å². The molecule has 96 valence electrons. The summed E-state index contributed by atoms with van der Waals surface area (Å²) in [6, 6.07) is 6.77. The average Bonchev–Trinajstić information content (AvgIpc) is 2.29. The Morgan fingerprint density at radius 2 is 1.88 bits per heavy atom. The largest absolute Gasteiger partial charge is 0.241 e. The first-order valence-corrected chi connectivity index (χ1v) is 8.19. The molecule has 0 aliphatic heterocycles. The molecule has 0 aliphatic rings. The fourth-order valence-corrected chi connectivity index (χ4v) is 3.61. The van der Waals surface area contributed by atoms with E-state index < -0.39 is 10.0 Å². The zero-order chi connectivity index (χ0) is 12.7. The van der Waals surface area contributed by atoms with Gasteiger partial charge in [0.2, 0.25) is 10.0 Å². The summed E-state index contributed by atoms with van der Waals surface area (Å²) in [6.07, 6.45) is 2.65. The molecule has 0 saturated carbocycles. The second-order valence-corrected chi connectivity index (χ2v) is 6.55. The molecule has 0 amide bonds. The highest BCUT2D eigenvalue weighted by Gasteiger charge is 2.15. The van der Waals surface area contributed by atoms with E-state index in [0.717, 1.165) is 19.3 Å². The number of nitrogens with one attached hydrogen (secondary N) is 1. The molecule has 1 aromatic rings. The zero-order valence-corrected chi connectivity index (χ0v) is 12.5. The highest BCUT2D eigenvalue weighted by molar-refractivity contribution is 9.10. The van der Waals surface area contributed by atoms with E-state index in [4.69, 9.17) is 11.6 Å². The molecular formula is C11H15BrClNO2S. The first kappa shape index (κ1) is 15.0. The Labute approximate surface area is 116 Å². The molecule has 1 rings (SSSR count). The van der Waals surface area contributed by atoms with Crippen LogP contribution in [0.25, 0.3) is 0 Å². The molecule has 0 saturated heterocycles. The summed E-state index contributed by atoms with van der Waals surface area (Å²) in [7, 11) is -3.41. The van der Waals surface area contributed by atoms with Crippen molar-refractivity contribution in [3.8, 4) is 0 Å². The number of unbranched alkanes of at least 4 members (excludes halogenated alkanes) is 2. The smallest absolute Gasteiger partial charge is 0.211 e. The lowest BCUT2D eigenvalue weighted by molar-refractivity contribution is 0.575. The summed E-state index contributed by atoms with van der Waals surface area (Å²) in [5.41, 5.74) is 0. The molecule has 0 bridgehead atoms. The van der Waals surface area contributed by atoms with E-state index in [-0.39, 0.29) is 4.90 Å². The van der Waals surface area contributed by atoms with Crippen LogP contribution in [0.1, 0.15) is 19.3 Å². The molecule has 0 heterocycles. The molecule has 0 atom stereocenters. The second kappa shape index (κ2) is 7.36. The van der Waals surface area contributed by atoms with Gasteiger partial charge in [0.15, 0.2) is 0 Å². The van der Waals surface area contributed by atoms with E-state index >= 15 is 0 Å². The van der Waals surface area contributed by atoms with E-state index in [1.807, 2.05) is 0 Å². The Bertz CT molecular complexity index is 451. The van der Waals surface area contributed by atoms with Gasteiger partial charge in [0.25, 0.3) is 0 Å². The minimum Gasteiger partial charge on any atom is -0.211 e. The van der Waals surface area contributed by atoms with E-state index in [2.05, 4.69) is 20.7 Å². The Balaban J connectivity index is 2.55. The second-order valence-electron chi connectivity index (χ2n) is 3.58. The molecule has 0 aliphatic carbocycles. The maximum absolute atomic E-state index is 11.9. The molecule has 17 heavy (non-hydrogen) atoms. The summed E-state index contributed by atoms with van der Waals surface area (Å²) < 4.78 is 27.0. The third-order valence-corrected chi connectivity index (χ3v) is 4.97. The van der Waals surface area contributed by atoms with E-state index in [1.165, 1.54) is 0 Å². The maximum Gasteiger partial charge on any atom is 0.241 e. The summed E-state index contributed by atoms with van der Waals surface area (Å²) in [6.45, 7) is 0.445. The number of rotatable bonds is 7. The van der Waals surface area contributed by atoms with Crippen molar-refractivity contribution in [2.75, 3.05) is 12.4 Å². The molecule has 0 unspecified atom stereocenters. The van der Waals surface area contributed by atoms with Crippen LogP contribution in [0.3, 0.4) is 0 Å². The van der Waals surface area contributed by atoms with Gasteiger partial charge in [0.05, 0.1) is 4.90 Å². The minimum absolute atomic E-state index is 0.275. The Morgan fingerprint density at radius 3 is 2.53 bits per heavy atom. The fourth-order valence-electron chi connectivity index (χ4n) is 1.34. The van der Waals surface area contributed by atoms with Gasteiger partial charge in [-0.1, -0.05) is 18.6 Å². The monoisotopic (exact) mass is 339 g/mol. The molecule has 0 radical (unpaired) electrons. The molecule has 3 nitrogen and oxygen atoms in total. The third kappa shape index (κ3) is 4.95. The normalized spacial score (nSPS) is 11.6. The lowest BCUT2D eigenvalue weighted by atomic mass is 10.2. The first-order valence-electron chi connectivity index (χ1n) is 5.38. The zero-order valence-electron chi connectivity index (χ0n) is 9.33. The Kier molecular flexibility index (Phi) is 6.48. The van der Waals surface area contributed by atoms with E-state index in [0.29, 0.717) is 16.9 Å².